The normalized spacial score (nSPS) is 21.0. The van der Waals surface area contributed by atoms with Crippen molar-refractivity contribution in [2.24, 2.45) is 0 Å². The summed E-state index contributed by atoms with van der Waals surface area (Å²) in [6, 6.07) is 7.45. The number of fused-ring (bicyclic) bond motifs is 1. The van der Waals surface area contributed by atoms with Gasteiger partial charge in [0.05, 0.1) is 29.3 Å². The number of oxazole rings is 1. The van der Waals surface area contributed by atoms with Crippen LogP contribution in [0.1, 0.15) is 12.5 Å². The Labute approximate surface area is 121 Å². The monoisotopic (exact) mass is 303 g/mol. The highest BCUT2D eigenvalue weighted by molar-refractivity contribution is 7.91. The molecule has 3 heterocycles. The molecule has 108 valence electrons. The number of aromatic nitrogens is 3. The fourth-order valence-electron chi connectivity index (χ4n) is 2.63. The average Bonchev–Trinajstić information content (AvgIpc) is 3.14. The van der Waals surface area contributed by atoms with Gasteiger partial charge in [-0.1, -0.05) is 12.1 Å². The van der Waals surface area contributed by atoms with E-state index in [0.717, 1.165) is 16.7 Å². The summed E-state index contributed by atoms with van der Waals surface area (Å²) in [6.07, 6.45) is 4.07. The number of nitrogens with zero attached hydrogens (tertiary/aromatic N) is 3. The van der Waals surface area contributed by atoms with Crippen molar-refractivity contribution >= 4 is 20.9 Å². The van der Waals surface area contributed by atoms with E-state index in [1.165, 1.54) is 0 Å². The number of rotatable bonds is 2. The predicted octanol–water partition coefficient (Wildman–Crippen LogP) is 2.05. The van der Waals surface area contributed by atoms with Gasteiger partial charge in [-0.2, -0.15) is 5.10 Å². The van der Waals surface area contributed by atoms with Gasteiger partial charge in [-0.3, -0.25) is 4.68 Å². The van der Waals surface area contributed by atoms with Crippen LogP contribution in [0.4, 0.5) is 0 Å². The lowest BCUT2D eigenvalue weighted by molar-refractivity contribution is 0.499. The van der Waals surface area contributed by atoms with Crippen molar-refractivity contribution in [2.75, 3.05) is 11.5 Å². The molecule has 1 aliphatic rings. The summed E-state index contributed by atoms with van der Waals surface area (Å²) in [4.78, 5) is 4.41. The molecule has 6 nitrogen and oxygen atoms in total. The van der Waals surface area contributed by atoms with Crippen molar-refractivity contribution in [3.8, 4) is 11.5 Å². The molecule has 1 saturated heterocycles. The topological polar surface area (TPSA) is 78.0 Å². The Morgan fingerprint density at radius 2 is 2.14 bits per heavy atom. The number of hydrogen-bond acceptors (Lipinski definition) is 5. The van der Waals surface area contributed by atoms with Crippen LogP contribution in [-0.4, -0.2) is 34.7 Å². The maximum atomic E-state index is 11.5. The first-order chi connectivity index (χ1) is 10.1. The lowest BCUT2D eigenvalue weighted by Gasteiger charge is -2.06. The molecule has 0 unspecified atom stereocenters. The molecule has 1 aromatic carbocycles. The molecular weight excluding hydrogens is 290 g/mol. The Balaban J connectivity index is 1.68. The van der Waals surface area contributed by atoms with E-state index in [1.54, 1.807) is 17.1 Å². The molecule has 0 N–H and O–H groups in total. The lowest BCUT2D eigenvalue weighted by atomic mass is 10.3. The van der Waals surface area contributed by atoms with Gasteiger partial charge in [-0.05, 0) is 18.6 Å². The smallest absolute Gasteiger partial charge is 0.230 e. The highest BCUT2D eigenvalue weighted by Crippen LogP contribution is 2.27. The number of para-hydroxylation sites is 2. The SMILES string of the molecule is O=S1(=O)CC[C@@H](n2cc(-c3nc4ccccc4o3)cn2)C1. The summed E-state index contributed by atoms with van der Waals surface area (Å²) in [5, 5.41) is 4.26. The maximum Gasteiger partial charge on any atom is 0.230 e. The highest BCUT2D eigenvalue weighted by atomic mass is 32.2. The zero-order valence-electron chi connectivity index (χ0n) is 11.1. The van der Waals surface area contributed by atoms with Crippen molar-refractivity contribution in [1.82, 2.24) is 14.8 Å². The van der Waals surface area contributed by atoms with E-state index in [2.05, 4.69) is 10.1 Å². The zero-order valence-corrected chi connectivity index (χ0v) is 12.0. The van der Waals surface area contributed by atoms with Gasteiger partial charge < -0.3 is 4.42 Å². The van der Waals surface area contributed by atoms with E-state index >= 15 is 0 Å². The highest BCUT2D eigenvalue weighted by Gasteiger charge is 2.29. The van der Waals surface area contributed by atoms with Gasteiger partial charge in [0.1, 0.15) is 5.52 Å². The van der Waals surface area contributed by atoms with Crippen LogP contribution in [0.25, 0.3) is 22.6 Å². The molecule has 0 spiro atoms. The van der Waals surface area contributed by atoms with E-state index in [-0.39, 0.29) is 17.5 Å². The standard InChI is InChI=1S/C14H13N3O3S/c18-21(19)6-5-11(9-21)17-8-10(7-15-17)14-16-12-3-1-2-4-13(12)20-14/h1-4,7-8,11H,5-6,9H2/t11-/m1/s1. The lowest BCUT2D eigenvalue weighted by Crippen LogP contribution is -2.11. The molecule has 0 radical (unpaired) electrons. The summed E-state index contributed by atoms with van der Waals surface area (Å²) in [6.45, 7) is 0. The average molecular weight is 303 g/mol. The minimum Gasteiger partial charge on any atom is -0.436 e. The van der Waals surface area contributed by atoms with E-state index in [9.17, 15) is 8.42 Å². The molecule has 4 rings (SSSR count). The van der Waals surface area contributed by atoms with Crippen molar-refractivity contribution < 1.29 is 12.8 Å². The number of hydrogen-bond donors (Lipinski definition) is 0. The Morgan fingerprint density at radius 1 is 1.29 bits per heavy atom. The van der Waals surface area contributed by atoms with Crippen LogP contribution in [0.3, 0.4) is 0 Å². The second-order valence-corrected chi connectivity index (χ2v) is 7.48. The van der Waals surface area contributed by atoms with Gasteiger partial charge in [0, 0.05) is 6.20 Å². The van der Waals surface area contributed by atoms with E-state index in [1.807, 2.05) is 24.3 Å². The molecular formula is C14H13N3O3S. The molecule has 3 aromatic rings. The fraction of sp³-hybridized carbons (Fsp3) is 0.286. The molecule has 2 aromatic heterocycles. The molecule has 0 saturated carbocycles. The van der Waals surface area contributed by atoms with Crippen LogP contribution in [0.5, 0.6) is 0 Å². The Kier molecular flexibility index (Phi) is 2.65. The van der Waals surface area contributed by atoms with Crippen LogP contribution < -0.4 is 0 Å². The summed E-state index contributed by atoms with van der Waals surface area (Å²) in [5.74, 6) is 0.889. The molecule has 7 heteroatoms. The van der Waals surface area contributed by atoms with Crippen LogP contribution in [-0.2, 0) is 9.84 Å². The molecule has 1 atom stereocenters. The third-order valence-electron chi connectivity index (χ3n) is 3.72. The summed E-state index contributed by atoms with van der Waals surface area (Å²) in [7, 11) is -2.92. The largest absolute Gasteiger partial charge is 0.436 e. The van der Waals surface area contributed by atoms with Crippen molar-refractivity contribution in [2.45, 2.75) is 12.5 Å². The van der Waals surface area contributed by atoms with Gasteiger partial charge in [0.2, 0.25) is 5.89 Å². The molecule has 0 aliphatic carbocycles. The first-order valence-electron chi connectivity index (χ1n) is 6.71. The van der Waals surface area contributed by atoms with Gasteiger partial charge in [0.15, 0.2) is 15.4 Å². The van der Waals surface area contributed by atoms with Crippen LogP contribution >= 0.6 is 0 Å². The van der Waals surface area contributed by atoms with Crippen molar-refractivity contribution in [1.29, 1.82) is 0 Å². The Bertz CT molecular complexity index is 877. The quantitative estimate of drug-likeness (QED) is 0.724. The van der Waals surface area contributed by atoms with Gasteiger partial charge in [-0.15, -0.1) is 0 Å². The molecule has 1 fully saturated rings. The molecule has 21 heavy (non-hydrogen) atoms. The van der Waals surface area contributed by atoms with Gasteiger partial charge in [-0.25, -0.2) is 13.4 Å². The van der Waals surface area contributed by atoms with Gasteiger partial charge in [0.25, 0.3) is 0 Å². The zero-order chi connectivity index (χ0) is 14.4. The predicted molar refractivity (Wildman–Crippen MR) is 77.5 cm³/mol. The minimum absolute atomic E-state index is 0.0897. The summed E-state index contributed by atoms with van der Waals surface area (Å²) < 4.78 is 30.5. The number of sulfone groups is 1. The first kappa shape index (κ1) is 12.6. The first-order valence-corrected chi connectivity index (χ1v) is 8.53. The second kappa shape index (κ2) is 4.42. The third kappa shape index (κ3) is 2.23. The Morgan fingerprint density at radius 3 is 2.90 bits per heavy atom. The Hall–Kier alpha value is -2.15. The van der Waals surface area contributed by atoms with Crippen LogP contribution in [0, 0.1) is 0 Å². The van der Waals surface area contributed by atoms with Crippen LogP contribution in [0.15, 0.2) is 41.1 Å². The van der Waals surface area contributed by atoms with Crippen molar-refractivity contribution in [3.63, 3.8) is 0 Å². The third-order valence-corrected chi connectivity index (χ3v) is 5.48. The summed E-state index contributed by atoms with van der Waals surface area (Å²) in [5.41, 5.74) is 2.28. The van der Waals surface area contributed by atoms with Crippen LogP contribution in [0.2, 0.25) is 0 Å². The summed E-state index contributed by atoms with van der Waals surface area (Å²) >= 11 is 0. The van der Waals surface area contributed by atoms with E-state index < -0.39 is 9.84 Å². The maximum absolute atomic E-state index is 11.5. The second-order valence-electron chi connectivity index (χ2n) is 5.25. The fourth-order valence-corrected chi connectivity index (χ4v) is 4.33. The van der Waals surface area contributed by atoms with Gasteiger partial charge >= 0.3 is 0 Å². The molecule has 1 aliphatic heterocycles. The van der Waals surface area contributed by atoms with E-state index in [4.69, 9.17) is 4.42 Å². The van der Waals surface area contributed by atoms with E-state index in [0.29, 0.717) is 12.3 Å². The molecule has 0 amide bonds. The molecule has 0 bridgehead atoms. The number of benzene rings is 1. The minimum atomic E-state index is -2.92. The van der Waals surface area contributed by atoms with Crippen molar-refractivity contribution in [3.05, 3.63) is 36.7 Å².